The number of hydrogen-bond donors (Lipinski definition) is 1. The van der Waals surface area contributed by atoms with Gasteiger partial charge in [0, 0.05) is 12.1 Å². The smallest absolute Gasteiger partial charge is 0.338 e. The molecule has 1 atom stereocenters. The van der Waals surface area contributed by atoms with E-state index in [9.17, 15) is 9.59 Å². The Balaban J connectivity index is 1.68. The van der Waals surface area contributed by atoms with Gasteiger partial charge in [-0.1, -0.05) is 12.1 Å². The average molecular weight is 399 g/mol. The molecule has 0 aliphatic carbocycles. The van der Waals surface area contributed by atoms with Crippen LogP contribution in [0.4, 0.5) is 0 Å². The van der Waals surface area contributed by atoms with E-state index in [1.165, 1.54) is 0 Å². The zero-order valence-corrected chi connectivity index (χ0v) is 16.6. The van der Waals surface area contributed by atoms with Gasteiger partial charge in [0.1, 0.15) is 11.5 Å². The number of rotatable bonds is 7. The van der Waals surface area contributed by atoms with Crippen molar-refractivity contribution < 1.29 is 28.9 Å². The van der Waals surface area contributed by atoms with Gasteiger partial charge in [0.2, 0.25) is 0 Å². The van der Waals surface area contributed by atoms with Crippen LogP contribution in [0.15, 0.2) is 42.5 Å². The third kappa shape index (κ3) is 4.68. The third-order valence-electron chi connectivity index (χ3n) is 5.07. The maximum absolute atomic E-state index is 12.8. The summed E-state index contributed by atoms with van der Waals surface area (Å²) in [6, 6.07) is 11.8. The van der Waals surface area contributed by atoms with Crippen molar-refractivity contribution in [1.29, 1.82) is 0 Å². The molecule has 1 amide bonds. The molecular weight excluding hydrogens is 374 g/mol. The second-order valence-corrected chi connectivity index (χ2v) is 6.78. The highest BCUT2D eigenvalue weighted by Crippen LogP contribution is 2.38. The summed E-state index contributed by atoms with van der Waals surface area (Å²) in [6.45, 7) is 0.161. The van der Waals surface area contributed by atoms with Crippen molar-refractivity contribution in [2.75, 3.05) is 27.4 Å². The molecule has 0 saturated carbocycles. The molecule has 1 heterocycles. The summed E-state index contributed by atoms with van der Waals surface area (Å²) in [4.78, 5) is 26.7. The molecule has 1 saturated heterocycles. The fourth-order valence-corrected chi connectivity index (χ4v) is 3.53. The summed E-state index contributed by atoms with van der Waals surface area (Å²) in [6.07, 6.45) is 1.65. The van der Waals surface area contributed by atoms with Gasteiger partial charge in [0.05, 0.1) is 32.4 Å². The second-order valence-electron chi connectivity index (χ2n) is 6.78. The van der Waals surface area contributed by atoms with Crippen LogP contribution in [0, 0.1) is 0 Å². The maximum atomic E-state index is 12.8. The summed E-state index contributed by atoms with van der Waals surface area (Å²) in [5, 5.41) is 9.07. The standard InChI is InChI=1S/C22H25NO6/c1-27-17-9-10-20(28-2)18(12-17)19-4-3-11-23(19)21(25)14-29-22(26)16-7-5-15(13-24)6-8-16/h5-10,12,19,24H,3-4,11,13-14H2,1-2H3/t19-/m0/s1. The monoisotopic (exact) mass is 399 g/mol. The SMILES string of the molecule is COc1ccc(OC)c([C@@H]2CCCN2C(=O)COC(=O)c2ccc(CO)cc2)c1. The van der Waals surface area contributed by atoms with E-state index in [0.717, 1.165) is 18.4 Å². The number of likely N-dealkylation sites (tertiary alicyclic amines) is 1. The van der Waals surface area contributed by atoms with Gasteiger partial charge < -0.3 is 24.2 Å². The largest absolute Gasteiger partial charge is 0.497 e. The van der Waals surface area contributed by atoms with E-state index in [4.69, 9.17) is 19.3 Å². The Hall–Kier alpha value is -3.06. The van der Waals surface area contributed by atoms with Crippen molar-refractivity contribution in [3.05, 3.63) is 59.2 Å². The Bertz CT molecular complexity index is 864. The molecule has 7 nitrogen and oxygen atoms in total. The molecule has 1 fully saturated rings. The van der Waals surface area contributed by atoms with Gasteiger partial charge >= 0.3 is 5.97 Å². The molecular formula is C22H25NO6. The Labute approximate surface area is 169 Å². The fraction of sp³-hybridized carbons (Fsp3) is 0.364. The first-order valence-electron chi connectivity index (χ1n) is 9.45. The van der Waals surface area contributed by atoms with Crippen molar-refractivity contribution in [3.63, 3.8) is 0 Å². The predicted molar refractivity (Wildman–Crippen MR) is 106 cm³/mol. The lowest BCUT2D eigenvalue weighted by atomic mass is 10.0. The van der Waals surface area contributed by atoms with Gasteiger partial charge in [-0.2, -0.15) is 0 Å². The molecule has 2 aromatic carbocycles. The lowest BCUT2D eigenvalue weighted by molar-refractivity contribution is -0.135. The van der Waals surface area contributed by atoms with Gasteiger partial charge in [-0.25, -0.2) is 4.79 Å². The number of esters is 1. The maximum Gasteiger partial charge on any atom is 0.338 e. The molecule has 2 aromatic rings. The zero-order chi connectivity index (χ0) is 20.8. The van der Waals surface area contributed by atoms with Crippen LogP contribution in [0.2, 0.25) is 0 Å². The zero-order valence-electron chi connectivity index (χ0n) is 16.6. The highest BCUT2D eigenvalue weighted by molar-refractivity contribution is 5.91. The molecule has 0 bridgehead atoms. The van der Waals surface area contributed by atoms with Crippen LogP contribution in [-0.2, 0) is 16.1 Å². The highest BCUT2D eigenvalue weighted by Gasteiger charge is 2.32. The first kappa shape index (κ1) is 20.7. The summed E-state index contributed by atoms with van der Waals surface area (Å²) < 4.78 is 16.0. The van der Waals surface area contributed by atoms with Crippen LogP contribution in [0.1, 0.15) is 40.4 Å². The molecule has 1 aliphatic heterocycles. The van der Waals surface area contributed by atoms with E-state index < -0.39 is 5.97 Å². The van der Waals surface area contributed by atoms with Crippen molar-refractivity contribution in [1.82, 2.24) is 4.90 Å². The number of ether oxygens (including phenoxy) is 3. The number of amides is 1. The number of nitrogens with zero attached hydrogens (tertiary/aromatic N) is 1. The number of carbonyl (C=O) groups is 2. The molecule has 0 spiro atoms. The lowest BCUT2D eigenvalue weighted by Crippen LogP contribution is -2.34. The molecule has 3 rings (SSSR count). The molecule has 154 valence electrons. The van der Waals surface area contributed by atoms with Crippen LogP contribution in [-0.4, -0.2) is 49.3 Å². The molecule has 29 heavy (non-hydrogen) atoms. The van der Waals surface area contributed by atoms with Crippen molar-refractivity contribution in [3.8, 4) is 11.5 Å². The number of benzene rings is 2. The Morgan fingerprint density at radius 1 is 1.10 bits per heavy atom. The van der Waals surface area contributed by atoms with Crippen LogP contribution in [0.25, 0.3) is 0 Å². The minimum Gasteiger partial charge on any atom is -0.497 e. The minimum atomic E-state index is -0.572. The predicted octanol–water partition coefficient (Wildman–Crippen LogP) is 2.72. The van der Waals surface area contributed by atoms with Crippen LogP contribution in [0.3, 0.4) is 0 Å². The van der Waals surface area contributed by atoms with Crippen LogP contribution < -0.4 is 9.47 Å². The summed E-state index contributed by atoms with van der Waals surface area (Å²) in [5.74, 6) is 0.560. The minimum absolute atomic E-state index is 0.0993. The third-order valence-corrected chi connectivity index (χ3v) is 5.07. The van der Waals surface area contributed by atoms with E-state index in [2.05, 4.69) is 0 Å². The number of aliphatic hydroxyl groups excluding tert-OH is 1. The van der Waals surface area contributed by atoms with Crippen LogP contribution >= 0.6 is 0 Å². The Morgan fingerprint density at radius 3 is 2.52 bits per heavy atom. The summed E-state index contributed by atoms with van der Waals surface area (Å²) in [7, 11) is 3.19. The molecule has 0 radical (unpaired) electrons. The van der Waals surface area contributed by atoms with E-state index >= 15 is 0 Å². The van der Waals surface area contributed by atoms with E-state index in [0.29, 0.717) is 29.2 Å². The molecule has 0 unspecified atom stereocenters. The lowest BCUT2D eigenvalue weighted by Gasteiger charge is -2.26. The summed E-state index contributed by atoms with van der Waals surface area (Å²) in [5.41, 5.74) is 1.91. The number of carbonyl (C=O) groups excluding carboxylic acids is 2. The topological polar surface area (TPSA) is 85.3 Å². The fourth-order valence-electron chi connectivity index (χ4n) is 3.53. The van der Waals surface area contributed by atoms with E-state index in [1.807, 2.05) is 18.2 Å². The van der Waals surface area contributed by atoms with Gasteiger partial charge in [-0.15, -0.1) is 0 Å². The second kappa shape index (κ2) is 9.43. The first-order valence-corrected chi connectivity index (χ1v) is 9.45. The highest BCUT2D eigenvalue weighted by atomic mass is 16.5. The van der Waals surface area contributed by atoms with Gasteiger partial charge in [0.15, 0.2) is 6.61 Å². The molecule has 1 N–H and O–H groups in total. The van der Waals surface area contributed by atoms with Crippen molar-refractivity contribution >= 4 is 11.9 Å². The normalized spacial score (nSPS) is 15.8. The van der Waals surface area contributed by atoms with Gasteiger partial charge in [-0.05, 0) is 48.7 Å². The van der Waals surface area contributed by atoms with Crippen molar-refractivity contribution in [2.45, 2.75) is 25.5 Å². The van der Waals surface area contributed by atoms with E-state index in [1.54, 1.807) is 43.4 Å². The van der Waals surface area contributed by atoms with Gasteiger partial charge in [0.25, 0.3) is 5.91 Å². The number of hydrogen-bond acceptors (Lipinski definition) is 6. The Morgan fingerprint density at radius 2 is 1.86 bits per heavy atom. The van der Waals surface area contributed by atoms with E-state index in [-0.39, 0.29) is 25.2 Å². The molecule has 1 aliphatic rings. The first-order chi connectivity index (χ1) is 14.1. The van der Waals surface area contributed by atoms with Crippen LogP contribution in [0.5, 0.6) is 11.5 Å². The molecule has 7 heteroatoms. The quantitative estimate of drug-likeness (QED) is 0.721. The average Bonchev–Trinajstić information content (AvgIpc) is 3.26. The number of methoxy groups -OCH3 is 2. The Kier molecular flexibility index (Phi) is 6.72. The molecule has 0 aromatic heterocycles. The van der Waals surface area contributed by atoms with Gasteiger partial charge in [-0.3, -0.25) is 4.79 Å². The van der Waals surface area contributed by atoms with Crippen molar-refractivity contribution in [2.24, 2.45) is 0 Å². The number of aliphatic hydroxyl groups is 1. The summed E-state index contributed by atoms with van der Waals surface area (Å²) >= 11 is 0.